The molecule has 1 atom stereocenters. The van der Waals surface area contributed by atoms with Gasteiger partial charge in [-0.05, 0) is 30.2 Å². The van der Waals surface area contributed by atoms with Crippen molar-refractivity contribution < 1.29 is 14.3 Å². The van der Waals surface area contributed by atoms with Gasteiger partial charge in [0.15, 0.2) is 0 Å². The molecule has 2 heterocycles. The normalized spacial score (nSPS) is 16.8. The molecule has 0 radical (unpaired) electrons. The van der Waals surface area contributed by atoms with Crippen LogP contribution in [-0.2, 0) is 11.2 Å². The number of rotatable bonds is 3. The third-order valence-corrected chi connectivity index (χ3v) is 4.26. The topological polar surface area (TPSA) is 64.5 Å². The summed E-state index contributed by atoms with van der Waals surface area (Å²) in [4.78, 5) is 14.1. The molecule has 110 valence electrons. The van der Waals surface area contributed by atoms with Crippen LogP contribution in [0.25, 0.3) is 0 Å². The summed E-state index contributed by atoms with van der Waals surface area (Å²) < 4.78 is 10.9. The minimum absolute atomic E-state index is 0.0137. The number of nitrogens with zero attached hydrogens (tertiary/aromatic N) is 3. The van der Waals surface area contributed by atoms with Gasteiger partial charge in [-0.15, -0.1) is 10.2 Å². The number of carbonyl (C=O) groups excluding carboxylic acids is 1. The fourth-order valence-corrected chi connectivity index (χ4v) is 2.87. The molecule has 21 heavy (non-hydrogen) atoms. The van der Waals surface area contributed by atoms with Crippen molar-refractivity contribution in [3.63, 3.8) is 0 Å². The van der Waals surface area contributed by atoms with Crippen LogP contribution in [0, 0.1) is 5.92 Å². The summed E-state index contributed by atoms with van der Waals surface area (Å²) in [5.74, 6) is 1.35. The summed E-state index contributed by atoms with van der Waals surface area (Å²) in [5.41, 5.74) is 2.60. The molecule has 0 unspecified atom stereocenters. The van der Waals surface area contributed by atoms with Gasteiger partial charge in [-0.25, -0.2) is 0 Å². The first kappa shape index (κ1) is 13.8. The van der Waals surface area contributed by atoms with Crippen molar-refractivity contribution in [1.82, 2.24) is 10.2 Å². The number of methoxy groups -OCH3 is 1. The highest BCUT2D eigenvalue weighted by atomic mass is 32.1. The van der Waals surface area contributed by atoms with Crippen molar-refractivity contribution in [2.75, 3.05) is 25.7 Å². The predicted molar refractivity (Wildman–Crippen MR) is 79.0 cm³/mol. The largest absolute Gasteiger partial charge is 0.497 e. The molecule has 7 heteroatoms. The van der Waals surface area contributed by atoms with Crippen LogP contribution >= 0.6 is 11.3 Å². The third-order valence-electron chi connectivity index (χ3n) is 3.49. The smallest absolute Gasteiger partial charge is 0.235 e. The first-order chi connectivity index (χ1) is 10.2. The summed E-state index contributed by atoms with van der Waals surface area (Å²) in [5, 5.41) is 8.27. The molecule has 0 fully saturated rings. The summed E-state index contributed by atoms with van der Waals surface area (Å²) in [6.07, 6.45) is 0.633. The number of carbonyl (C=O) groups is 1. The predicted octanol–water partition coefficient (Wildman–Crippen LogP) is 1.76. The van der Waals surface area contributed by atoms with E-state index in [0.717, 1.165) is 17.1 Å². The van der Waals surface area contributed by atoms with E-state index in [1.165, 1.54) is 16.2 Å². The van der Waals surface area contributed by atoms with Gasteiger partial charge in [0.1, 0.15) is 23.6 Å². The van der Waals surface area contributed by atoms with E-state index in [9.17, 15) is 4.79 Å². The Labute approximate surface area is 126 Å². The van der Waals surface area contributed by atoms with E-state index in [1.54, 1.807) is 19.7 Å². The molecule has 0 saturated carbocycles. The Bertz CT molecular complexity index is 645. The lowest BCUT2D eigenvalue weighted by Gasteiger charge is -2.27. The van der Waals surface area contributed by atoms with Gasteiger partial charge < -0.3 is 9.47 Å². The lowest BCUT2D eigenvalue weighted by Crippen LogP contribution is -2.38. The fraction of sp³-hybridized carbons (Fsp3) is 0.357. The van der Waals surface area contributed by atoms with Gasteiger partial charge in [0.05, 0.1) is 13.0 Å². The van der Waals surface area contributed by atoms with Crippen LogP contribution < -0.4 is 14.4 Å². The van der Waals surface area contributed by atoms with Gasteiger partial charge in [-0.1, -0.05) is 11.3 Å². The Morgan fingerprint density at radius 3 is 3.10 bits per heavy atom. The molecule has 6 nitrogen and oxygen atoms in total. The number of fused-ring (bicyclic) bond motifs is 1. The molecule has 3 rings (SSSR count). The zero-order valence-corrected chi connectivity index (χ0v) is 12.6. The molecule has 2 aromatic rings. The number of aromatic nitrogens is 2. The minimum atomic E-state index is -0.224. The number of benzene rings is 1. The second-order valence-electron chi connectivity index (χ2n) is 4.80. The molecule has 1 aromatic heterocycles. The summed E-state index contributed by atoms with van der Waals surface area (Å²) in [6, 6.07) is 5.65. The highest BCUT2D eigenvalue weighted by Gasteiger charge is 2.29. The molecule has 1 aliphatic rings. The molecule has 0 aliphatic carbocycles. The standard InChI is InChI=1S/C14H15N3O3S/c1-17(14-16-15-8-21-14)13(18)10-5-9-6-11(19-2)3-4-12(9)20-7-10/h3-4,6,8,10H,5,7H2,1-2H3/t10-/m1/s1. The number of anilines is 1. The van der Waals surface area contributed by atoms with Crippen molar-refractivity contribution in [2.24, 2.45) is 5.92 Å². The van der Waals surface area contributed by atoms with Crippen LogP contribution in [0.4, 0.5) is 5.13 Å². The Morgan fingerprint density at radius 2 is 2.38 bits per heavy atom. The first-order valence-corrected chi connectivity index (χ1v) is 7.40. The van der Waals surface area contributed by atoms with E-state index < -0.39 is 0 Å². The highest BCUT2D eigenvalue weighted by molar-refractivity contribution is 7.13. The molecule has 1 aliphatic heterocycles. The molecule has 1 amide bonds. The average molecular weight is 305 g/mol. The summed E-state index contributed by atoms with van der Waals surface area (Å²) >= 11 is 1.34. The van der Waals surface area contributed by atoms with Gasteiger partial charge >= 0.3 is 0 Å². The fourth-order valence-electron chi connectivity index (χ4n) is 2.34. The van der Waals surface area contributed by atoms with E-state index in [-0.39, 0.29) is 11.8 Å². The van der Waals surface area contributed by atoms with Crippen molar-refractivity contribution in [3.8, 4) is 11.5 Å². The Morgan fingerprint density at radius 1 is 1.52 bits per heavy atom. The number of ether oxygens (including phenoxy) is 2. The third kappa shape index (κ3) is 2.69. The number of amides is 1. The molecule has 1 aromatic carbocycles. The second-order valence-corrected chi connectivity index (χ2v) is 5.62. The Kier molecular flexibility index (Phi) is 3.74. The molecular formula is C14H15N3O3S. The van der Waals surface area contributed by atoms with Crippen molar-refractivity contribution in [3.05, 3.63) is 29.3 Å². The van der Waals surface area contributed by atoms with E-state index in [4.69, 9.17) is 9.47 Å². The average Bonchev–Trinajstić information content (AvgIpc) is 3.06. The van der Waals surface area contributed by atoms with Gasteiger partial charge in [0.2, 0.25) is 11.0 Å². The van der Waals surface area contributed by atoms with Crippen LogP contribution in [0.5, 0.6) is 11.5 Å². The quantitative estimate of drug-likeness (QED) is 0.864. The number of hydrogen-bond acceptors (Lipinski definition) is 6. The van der Waals surface area contributed by atoms with E-state index in [2.05, 4.69) is 10.2 Å². The number of hydrogen-bond donors (Lipinski definition) is 0. The van der Waals surface area contributed by atoms with E-state index >= 15 is 0 Å². The SMILES string of the molecule is COc1ccc2c(c1)C[C@@H](C(=O)N(C)c1nncs1)CO2. The van der Waals surface area contributed by atoms with Gasteiger partial charge in [0.25, 0.3) is 0 Å². The van der Waals surface area contributed by atoms with Crippen LogP contribution in [0.1, 0.15) is 5.56 Å². The summed E-state index contributed by atoms with van der Waals surface area (Å²) in [7, 11) is 3.33. The van der Waals surface area contributed by atoms with E-state index in [1.807, 2.05) is 18.2 Å². The Balaban J connectivity index is 1.77. The maximum atomic E-state index is 12.5. The maximum absolute atomic E-state index is 12.5. The summed E-state index contributed by atoms with van der Waals surface area (Å²) in [6.45, 7) is 0.376. The second kappa shape index (κ2) is 5.69. The highest BCUT2D eigenvalue weighted by Crippen LogP contribution is 2.31. The lowest BCUT2D eigenvalue weighted by atomic mass is 9.95. The first-order valence-electron chi connectivity index (χ1n) is 6.52. The van der Waals surface area contributed by atoms with Crippen LogP contribution in [0.3, 0.4) is 0 Å². The van der Waals surface area contributed by atoms with E-state index in [0.29, 0.717) is 18.2 Å². The molecule has 0 saturated heterocycles. The molecule has 0 spiro atoms. The van der Waals surface area contributed by atoms with Crippen molar-refractivity contribution in [1.29, 1.82) is 0 Å². The molecular weight excluding hydrogens is 290 g/mol. The van der Waals surface area contributed by atoms with Crippen LogP contribution in [-0.4, -0.2) is 36.9 Å². The van der Waals surface area contributed by atoms with Crippen molar-refractivity contribution in [2.45, 2.75) is 6.42 Å². The van der Waals surface area contributed by atoms with Crippen LogP contribution in [0.2, 0.25) is 0 Å². The molecule has 0 bridgehead atoms. The van der Waals surface area contributed by atoms with Crippen LogP contribution in [0.15, 0.2) is 23.7 Å². The zero-order valence-electron chi connectivity index (χ0n) is 11.8. The minimum Gasteiger partial charge on any atom is -0.497 e. The van der Waals surface area contributed by atoms with Crippen molar-refractivity contribution >= 4 is 22.4 Å². The van der Waals surface area contributed by atoms with Gasteiger partial charge in [0, 0.05) is 7.05 Å². The molecule has 0 N–H and O–H groups in total. The Hall–Kier alpha value is -2.15. The van der Waals surface area contributed by atoms with Gasteiger partial charge in [-0.3, -0.25) is 9.69 Å². The zero-order chi connectivity index (χ0) is 14.8. The monoisotopic (exact) mass is 305 g/mol. The maximum Gasteiger partial charge on any atom is 0.235 e. The lowest BCUT2D eigenvalue weighted by molar-refractivity contribution is -0.123. The van der Waals surface area contributed by atoms with Gasteiger partial charge in [-0.2, -0.15) is 0 Å².